The third-order valence-electron chi connectivity index (χ3n) is 3.18. The van der Waals surface area contributed by atoms with E-state index in [1.54, 1.807) is 24.3 Å². The summed E-state index contributed by atoms with van der Waals surface area (Å²) < 4.78 is 28.9. The van der Waals surface area contributed by atoms with Crippen molar-refractivity contribution in [1.82, 2.24) is 4.90 Å². The highest BCUT2D eigenvalue weighted by Crippen LogP contribution is 2.18. The standard InChI is InChI=1S/C15H16F2N2O3/c1-2-14(20)18-11-5-3-10(4-6-11)15(21)19-7-12(8-19)22-9-13(16)17/h2-6,12-13H,1,7-9H2,(H,18,20). The van der Waals surface area contributed by atoms with Crippen LogP contribution in [-0.4, -0.2) is 48.9 Å². The van der Waals surface area contributed by atoms with Crippen molar-refractivity contribution in [1.29, 1.82) is 0 Å². The maximum atomic E-state index is 12.1. The van der Waals surface area contributed by atoms with Crippen LogP contribution in [0.3, 0.4) is 0 Å². The van der Waals surface area contributed by atoms with Gasteiger partial charge in [0.2, 0.25) is 5.91 Å². The van der Waals surface area contributed by atoms with Gasteiger partial charge in [0, 0.05) is 24.3 Å². The first kappa shape index (κ1) is 16.1. The van der Waals surface area contributed by atoms with E-state index in [9.17, 15) is 18.4 Å². The fraction of sp³-hybridized carbons (Fsp3) is 0.333. The summed E-state index contributed by atoms with van der Waals surface area (Å²) in [5.41, 5.74) is 1.02. The van der Waals surface area contributed by atoms with Crippen LogP contribution < -0.4 is 5.32 Å². The molecule has 1 aliphatic heterocycles. The molecular weight excluding hydrogens is 294 g/mol. The van der Waals surface area contributed by atoms with Gasteiger partial charge in [0.15, 0.2) is 0 Å². The summed E-state index contributed by atoms with van der Waals surface area (Å²) in [5.74, 6) is -0.528. The number of benzene rings is 1. The van der Waals surface area contributed by atoms with Gasteiger partial charge in [0.1, 0.15) is 6.61 Å². The number of hydrogen-bond acceptors (Lipinski definition) is 3. The Labute approximate surface area is 126 Å². The SMILES string of the molecule is C=CC(=O)Nc1ccc(C(=O)N2CC(OCC(F)F)C2)cc1. The minimum absolute atomic E-state index is 0.196. The number of nitrogens with zero attached hydrogens (tertiary/aromatic N) is 1. The molecule has 0 aromatic heterocycles. The van der Waals surface area contributed by atoms with Crippen LogP contribution >= 0.6 is 0 Å². The molecule has 2 rings (SSSR count). The predicted octanol–water partition coefficient (Wildman–Crippen LogP) is 1.92. The second-order valence-electron chi connectivity index (χ2n) is 4.83. The smallest absolute Gasteiger partial charge is 0.261 e. The minimum Gasteiger partial charge on any atom is -0.369 e. The molecule has 0 aliphatic carbocycles. The monoisotopic (exact) mass is 310 g/mol. The van der Waals surface area contributed by atoms with Crippen LogP contribution in [0, 0.1) is 0 Å². The molecule has 118 valence electrons. The van der Waals surface area contributed by atoms with Gasteiger partial charge in [-0.05, 0) is 30.3 Å². The van der Waals surface area contributed by atoms with Crippen molar-refractivity contribution < 1.29 is 23.1 Å². The van der Waals surface area contributed by atoms with E-state index in [2.05, 4.69) is 11.9 Å². The summed E-state index contributed by atoms with van der Waals surface area (Å²) in [6.45, 7) is 3.35. The van der Waals surface area contributed by atoms with Gasteiger partial charge >= 0.3 is 0 Å². The van der Waals surface area contributed by atoms with E-state index < -0.39 is 13.0 Å². The Hall–Kier alpha value is -2.28. The lowest BCUT2D eigenvalue weighted by Crippen LogP contribution is -2.55. The maximum absolute atomic E-state index is 12.1. The topological polar surface area (TPSA) is 58.6 Å². The molecule has 1 saturated heterocycles. The quantitative estimate of drug-likeness (QED) is 0.817. The van der Waals surface area contributed by atoms with Gasteiger partial charge in [-0.1, -0.05) is 6.58 Å². The fourth-order valence-electron chi connectivity index (χ4n) is 1.99. The first-order chi connectivity index (χ1) is 10.5. The largest absolute Gasteiger partial charge is 0.369 e. The molecule has 1 fully saturated rings. The number of amides is 2. The number of carbonyl (C=O) groups is 2. The molecule has 1 heterocycles. The molecule has 5 nitrogen and oxygen atoms in total. The molecule has 0 atom stereocenters. The lowest BCUT2D eigenvalue weighted by molar-refractivity contribution is -0.111. The van der Waals surface area contributed by atoms with Crippen LogP contribution in [0.2, 0.25) is 0 Å². The molecule has 0 unspecified atom stereocenters. The number of ether oxygens (including phenoxy) is 1. The van der Waals surface area contributed by atoms with E-state index in [1.165, 1.54) is 4.90 Å². The van der Waals surface area contributed by atoms with Crippen LogP contribution in [0.4, 0.5) is 14.5 Å². The van der Waals surface area contributed by atoms with Crippen molar-refractivity contribution >= 4 is 17.5 Å². The molecule has 0 saturated carbocycles. The molecule has 1 aliphatic rings. The molecular formula is C15H16F2N2O3. The van der Waals surface area contributed by atoms with Crippen LogP contribution in [0.1, 0.15) is 10.4 Å². The molecule has 0 bridgehead atoms. The Balaban J connectivity index is 1.84. The van der Waals surface area contributed by atoms with Gasteiger partial charge in [0.05, 0.1) is 6.10 Å². The lowest BCUT2D eigenvalue weighted by Gasteiger charge is -2.38. The Morgan fingerprint density at radius 2 is 2.00 bits per heavy atom. The van der Waals surface area contributed by atoms with Gasteiger partial charge in [-0.3, -0.25) is 9.59 Å². The molecule has 0 spiro atoms. The van der Waals surface area contributed by atoms with Crippen molar-refractivity contribution in [2.75, 3.05) is 25.0 Å². The first-order valence-electron chi connectivity index (χ1n) is 6.72. The molecule has 1 aromatic rings. The second kappa shape index (κ2) is 7.13. The van der Waals surface area contributed by atoms with Crippen LogP contribution in [0.25, 0.3) is 0 Å². The summed E-state index contributed by atoms with van der Waals surface area (Å²) >= 11 is 0. The number of carbonyl (C=O) groups excluding carboxylic acids is 2. The Kier molecular flexibility index (Phi) is 5.21. The number of hydrogen-bond donors (Lipinski definition) is 1. The van der Waals surface area contributed by atoms with E-state index in [-0.39, 0.29) is 17.9 Å². The highest BCUT2D eigenvalue weighted by atomic mass is 19.3. The normalized spacial score (nSPS) is 14.6. The van der Waals surface area contributed by atoms with Crippen molar-refractivity contribution in [2.45, 2.75) is 12.5 Å². The zero-order valence-corrected chi connectivity index (χ0v) is 11.8. The molecule has 1 N–H and O–H groups in total. The third-order valence-corrected chi connectivity index (χ3v) is 3.18. The highest BCUT2D eigenvalue weighted by Gasteiger charge is 2.32. The summed E-state index contributed by atoms with van der Waals surface area (Å²) in [7, 11) is 0. The third kappa shape index (κ3) is 4.11. The Bertz CT molecular complexity index is 554. The van der Waals surface area contributed by atoms with Crippen molar-refractivity contribution in [2.24, 2.45) is 0 Å². The summed E-state index contributed by atoms with van der Waals surface area (Å²) in [4.78, 5) is 24.8. The number of anilines is 1. The Morgan fingerprint density at radius 1 is 1.36 bits per heavy atom. The fourth-order valence-corrected chi connectivity index (χ4v) is 1.99. The number of halogens is 2. The molecule has 7 heteroatoms. The average molecular weight is 310 g/mol. The molecule has 0 radical (unpaired) electrons. The van der Waals surface area contributed by atoms with Crippen molar-refractivity contribution in [3.05, 3.63) is 42.5 Å². The van der Waals surface area contributed by atoms with E-state index in [1.807, 2.05) is 0 Å². The van der Waals surface area contributed by atoms with Gasteiger partial charge in [-0.25, -0.2) is 8.78 Å². The number of alkyl halides is 2. The van der Waals surface area contributed by atoms with Crippen molar-refractivity contribution in [3.63, 3.8) is 0 Å². The first-order valence-corrected chi connectivity index (χ1v) is 6.72. The second-order valence-corrected chi connectivity index (χ2v) is 4.83. The average Bonchev–Trinajstić information content (AvgIpc) is 2.45. The lowest BCUT2D eigenvalue weighted by atomic mass is 10.1. The molecule has 1 aromatic carbocycles. The zero-order chi connectivity index (χ0) is 16.1. The van der Waals surface area contributed by atoms with E-state index in [4.69, 9.17) is 4.74 Å². The van der Waals surface area contributed by atoms with Gasteiger partial charge < -0.3 is 15.0 Å². The van der Waals surface area contributed by atoms with Gasteiger partial charge in [-0.2, -0.15) is 0 Å². The summed E-state index contributed by atoms with van der Waals surface area (Å²) in [5, 5.41) is 2.58. The highest BCUT2D eigenvalue weighted by molar-refractivity contribution is 5.99. The summed E-state index contributed by atoms with van der Waals surface area (Å²) in [6.07, 6.45) is -1.68. The molecule has 22 heavy (non-hydrogen) atoms. The number of nitrogens with one attached hydrogen (secondary N) is 1. The van der Waals surface area contributed by atoms with E-state index in [0.717, 1.165) is 6.08 Å². The zero-order valence-electron chi connectivity index (χ0n) is 11.8. The number of rotatable bonds is 6. The van der Waals surface area contributed by atoms with Crippen LogP contribution in [0.15, 0.2) is 36.9 Å². The van der Waals surface area contributed by atoms with Crippen LogP contribution in [-0.2, 0) is 9.53 Å². The maximum Gasteiger partial charge on any atom is 0.261 e. The van der Waals surface area contributed by atoms with Crippen LogP contribution in [0.5, 0.6) is 0 Å². The van der Waals surface area contributed by atoms with E-state index >= 15 is 0 Å². The van der Waals surface area contributed by atoms with Gasteiger partial charge in [0.25, 0.3) is 12.3 Å². The van der Waals surface area contributed by atoms with Crippen molar-refractivity contribution in [3.8, 4) is 0 Å². The molecule has 2 amide bonds. The van der Waals surface area contributed by atoms with Gasteiger partial charge in [-0.15, -0.1) is 0 Å². The van der Waals surface area contributed by atoms with E-state index in [0.29, 0.717) is 24.3 Å². The predicted molar refractivity (Wildman–Crippen MR) is 76.9 cm³/mol. The number of likely N-dealkylation sites (tertiary alicyclic amines) is 1. The minimum atomic E-state index is -2.50. The summed E-state index contributed by atoms with van der Waals surface area (Å²) in [6, 6.07) is 6.40. The Morgan fingerprint density at radius 3 is 2.55 bits per heavy atom.